The summed E-state index contributed by atoms with van der Waals surface area (Å²) in [4.78, 5) is 24.2. The molecule has 0 aromatic heterocycles. The first kappa shape index (κ1) is 14.7. The summed E-state index contributed by atoms with van der Waals surface area (Å²) in [6.45, 7) is 0. The second-order valence-corrected chi connectivity index (χ2v) is 6.15. The van der Waals surface area contributed by atoms with E-state index in [2.05, 4.69) is 5.32 Å². The van der Waals surface area contributed by atoms with Crippen molar-refractivity contribution >= 4 is 11.8 Å². The van der Waals surface area contributed by atoms with E-state index in [4.69, 9.17) is 9.47 Å². The number of imide groups is 1. The molecule has 5 nitrogen and oxygen atoms in total. The van der Waals surface area contributed by atoms with E-state index >= 15 is 0 Å². The van der Waals surface area contributed by atoms with Crippen molar-refractivity contribution in [3.05, 3.63) is 95.1 Å². The van der Waals surface area contributed by atoms with Gasteiger partial charge in [0.2, 0.25) is 0 Å². The van der Waals surface area contributed by atoms with Crippen LogP contribution >= 0.6 is 0 Å². The molecule has 0 fully saturated rings. The highest BCUT2D eigenvalue weighted by Gasteiger charge is 2.48. The largest absolute Gasteiger partial charge is 0.440 e. The number of carbonyl (C=O) groups is 2. The Labute approximate surface area is 149 Å². The molecule has 126 valence electrons. The summed E-state index contributed by atoms with van der Waals surface area (Å²) in [5.74, 6) is -1.39. The Morgan fingerprint density at radius 1 is 0.692 bits per heavy atom. The molecule has 1 N–H and O–H groups in total. The van der Waals surface area contributed by atoms with Crippen molar-refractivity contribution in [2.24, 2.45) is 0 Å². The van der Waals surface area contributed by atoms with Crippen LogP contribution in [0.2, 0.25) is 0 Å². The van der Waals surface area contributed by atoms with Crippen LogP contribution < -0.4 is 14.8 Å². The molecule has 3 aromatic carbocycles. The molecule has 3 aromatic rings. The highest BCUT2D eigenvalue weighted by atomic mass is 16.7. The van der Waals surface area contributed by atoms with E-state index in [0.717, 1.165) is 11.1 Å². The maximum atomic E-state index is 12.3. The monoisotopic (exact) mass is 343 g/mol. The molecular formula is C21H13NO4. The van der Waals surface area contributed by atoms with Crippen molar-refractivity contribution in [2.45, 2.75) is 5.79 Å². The van der Waals surface area contributed by atoms with Crippen molar-refractivity contribution in [2.75, 3.05) is 0 Å². The molecule has 0 radical (unpaired) electrons. The van der Waals surface area contributed by atoms with Crippen LogP contribution in [0, 0.1) is 0 Å². The fourth-order valence-electron chi connectivity index (χ4n) is 3.43. The third-order valence-electron chi connectivity index (χ3n) is 4.63. The van der Waals surface area contributed by atoms with Gasteiger partial charge in [-0.3, -0.25) is 14.9 Å². The predicted octanol–water partition coefficient (Wildman–Crippen LogP) is 3.24. The lowest BCUT2D eigenvalue weighted by Gasteiger charge is -2.28. The number of ether oxygens (including phenoxy) is 2. The second-order valence-electron chi connectivity index (χ2n) is 6.15. The molecule has 0 atom stereocenters. The average molecular weight is 343 g/mol. The van der Waals surface area contributed by atoms with Crippen molar-refractivity contribution in [3.8, 4) is 11.5 Å². The topological polar surface area (TPSA) is 64.6 Å². The summed E-state index contributed by atoms with van der Waals surface area (Å²) in [5, 5.41) is 2.31. The first-order valence-corrected chi connectivity index (χ1v) is 8.21. The first-order valence-electron chi connectivity index (χ1n) is 8.21. The third kappa shape index (κ3) is 1.91. The van der Waals surface area contributed by atoms with Crippen LogP contribution in [0.3, 0.4) is 0 Å². The fourth-order valence-corrected chi connectivity index (χ4v) is 3.43. The molecule has 2 heterocycles. The molecular weight excluding hydrogens is 330 g/mol. The van der Waals surface area contributed by atoms with Crippen LogP contribution in [0.25, 0.3) is 0 Å². The van der Waals surface area contributed by atoms with E-state index in [9.17, 15) is 9.59 Å². The van der Waals surface area contributed by atoms with Gasteiger partial charge in [0, 0.05) is 11.1 Å². The van der Waals surface area contributed by atoms with Gasteiger partial charge < -0.3 is 9.47 Å². The minimum Gasteiger partial charge on any atom is -0.440 e. The number of nitrogens with one attached hydrogen (secondary N) is 1. The van der Waals surface area contributed by atoms with Crippen molar-refractivity contribution in [1.29, 1.82) is 0 Å². The Balaban J connectivity index is 1.73. The Morgan fingerprint density at radius 3 is 1.92 bits per heavy atom. The summed E-state index contributed by atoms with van der Waals surface area (Å²) in [6.07, 6.45) is 0. The Morgan fingerprint density at radius 2 is 1.31 bits per heavy atom. The standard InChI is InChI=1S/C21H13NO4/c23-19-15-11-12-16-18(17(15)20(24)22-19)26-21(25-16,13-7-3-1-4-8-13)14-9-5-2-6-10-14/h1-12H,(H,22,23,24). The summed E-state index contributed by atoms with van der Waals surface area (Å²) in [7, 11) is 0. The Hall–Kier alpha value is -3.60. The van der Waals surface area contributed by atoms with Crippen LogP contribution in [0.4, 0.5) is 0 Å². The number of amides is 2. The van der Waals surface area contributed by atoms with E-state index in [1.165, 1.54) is 0 Å². The van der Waals surface area contributed by atoms with Gasteiger partial charge in [0.15, 0.2) is 11.5 Å². The van der Waals surface area contributed by atoms with Gasteiger partial charge in [-0.1, -0.05) is 60.7 Å². The lowest BCUT2D eigenvalue weighted by molar-refractivity contribution is -0.0460. The summed E-state index contributed by atoms with van der Waals surface area (Å²) in [5.41, 5.74) is 2.11. The first-order chi connectivity index (χ1) is 12.7. The van der Waals surface area contributed by atoms with Crippen molar-refractivity contribution < 1.29 is 19.1 Å². The predicted molar refractivity (Wildman–Crippen MR) is 93.2 cm³/mol. The second kappa shape index (κ2) is 5.20. The van der Waals surface area contributed by atoms with Crippen LogP contribution in [0.1, 0.15) is 31.8 Å². The Bertz CT molecular complexity index is 1000. The smallest absolute Gasteiger partial charge is 0.305 e. The van der Waals surface area contributed by atoms with Gasteiger partial charge in [0.25, 0.3) is 11.8 Å². The number of hydrogen-bond donors (Lipinski definition) is 1. The third-order valence-corrected chi connectivity index (χ3v) is 4.63. The molecule has 0 unspecified atom stereocenters. The van der Waals surface area contributed by atoms with E-state index in [1.54, 1.807) is 12.1 Å². The van der Waals surface area contributed by atoms with Gasteiger partial charge in [0.05, 0.1) is 11.1 Å². The normalized spacial score (nSPS) is 16.3. The summed E-state index contributed by atoms with van der Waals surface area (Å²) >= 11 is 0. The quantitative estimate of drug-likeness (QED) is 0.726. The number of carbonyl (C=O) groups excluding carboxylic acids is 2. The van der Waals surface area contributed by atoms with Crippen LogP contribution in [0.15, 0.2) is 72.8 Å². The zero-order valence-electron chi connectivity index (χ0n) is 13.6. The minimum atomic E-state index is -1.22. The molecule has 0 bridgehead atoms. The average Bonchev–Trinajstić information content (AvgIpc) is 3.21. The maximum Gasteiger partial charge on any atom is 0.305 e. The molecule has 2 amide bonds. The molecule has 26 heavy (non-hydrogen) atoms. The molecule has 0 aliphatic carbocycles. The lowest BCUT2D eigenvalue weighted by Crippen LogP contribution is -2.36. The van der Waals surface area contributed by atoms with Crippen LogP contribution in [-0.2, 0) is 5.79 Å². The van der Waals surface area contributed by atoms with Gasteiger partial charge in [-0.25, -0.2) is 0 Å². The highest BCUT2D eigenvalue weighted by Crippen LogP contribution is 2.50. The van der Waals surface area contributed by atoms with E-state index in [0.29, 0.717) is 17.1 Å². The van der Waals surface area contributed by atoms with Gasteiger partial charge in [0.1, 0.15) is 0 Å². The molecule has 2 aliphatic rings. The molecule has 0 saturated carbocycles. The molecule has 5 rings (SSSR count). The van der Waals surface area contributed by atoms with Crippen LogP contribution in [-0.4, -0.2) is 11.8 Å². The van der Waals surface area contributed by atoms with Crippen molar-refractivity contribution in [1.82, 2.24) is 5.32 Å². The SMILES string of the molecule is O=C1NC(=O)c2c1ccc1c2OC(c2ccccc2)(c2ccccc2)O1. The van der Waals surface area contributed by atoms with E-state index in [1.807, 2.05) is 60.7 Å². The molecule has 0 saturated heterocycles. The summed E-state index contributed by atoms with van der Waals surface area (Å²) < 4.78 is 12.6. The molecule has 5 heteroatoms. The van der Waals surface area contributed by atoms with Crippen LogP contribution in [0.5, 0.6) is 11.5 Å². The summed E-state index contributed by atoms with van der Waals surface area (Å²) in [6, 6.07) is 22.3. The highest BCUT2D eigenvalue weighted by molar-refractivity contribution is 6.23. The number of fused-ring (bicyclic) bond motifs is 3. The van der Waals surface area contributed by atoms with E-state index in [-0.39, 0.29) is 5.56 Å². The number of rotatable bonds is 2. The fraction of sp³-hybridized carbons (Fsp3) is 0.0476. The van der Waals surface area contributed by atoms with Gasteiger partial charge >= 0.3 is 5.79 Å². The number of hydrogen-bond acceptors (Lipinski definition) is 4. The molecule has 0 spiro atoms. The zero-order chi connectivity index (χ0) is 17.7. The van der Waals surface area contributed by atoms with Crippen molar-refractivity contribution in [3.63, 3.8) is 0 Å². The lowest BCUT2D eigenvalue weighted by atomic mass is 9.97. The maximum absolute atomic E-state index is 12.3. The van der Waals surface area contributed by atoms with Gasteiger partial charge in [-0.2, -0.15) is 0 Å². The van der Waals surface area contributed by atoms with E-state index < -0.39 is 17.6 Å². The zero-order valence-corrected chi connectivity index (χ0v) is 13.6. The number of benzene rings is 3. The molecule has 2 aliphatic heterocycles. The van der Waals surface area contributed by atoms with Gasteiger partial charge in [-0.15, -0.1) is 0 Å². The minimum absolute atomic E-state index is 0.223. The van der Waals surface area contributed by atoms with Gasteiger partial charge in [-0.05, 0) is 12.1 Å². The Kier molecular flexibility index (Phi) is 2.94.